The quantitative estimate of drug-likeness (QED) is 0.508. The average molecular weight is 374 g/mol. The van der Waals surface area contributed by atoms with E-state index in [1.807, 2.05) is 42.5 Å². The zero-order chi connectivity index (χ0) is 19.7. The number of ether oxygens (including phenoxy) is 1. The molecule has 142 valence electrons. The van der Waals surface area contributed by atoms with Gasteiger partial charge in [0.1, 0.15) is 12.4 Å². The van der Waals surface area contributed by atoms with Gasteiger partial charge in [0, 0.05) is 38.1 Å². The molecule has 0 atom stereocenters. The monoisotopic (exact) mass is 374 g/mol. The largest absolute Gasteiger partial charge is 0.487 e. The summed E-state index contributed by atoms with van der Waals surface area (Å²) < 4.78 is 5.70. The van der Waals surface area contributed by atoms with E-state index in [1.54, 1.807) is 12.3 Å². The normalized spacial score (nSPS) is 13.8. The molecule has 0 unspecified atom stereocenters. The van der Waals surface area contributed by atoms with E-state index in [4.69, 9.17) is 11.2 Å². The molecular weight excluding hydrogens is 352 g/mol. The Morgan fingerprint density at radius 1 is 1.18 bits per heavy atom. The van der Waals surface area contributed by atoms with Crippen molar-refractivity contribution < 1.29 is 9.53 Å². The lowest BCUT2D eigenvalue weighted by molar-refractivity contribution is -0.116. The SMILES string of the molecule is C#CCCC1(CCNC(=O)/C=C/c2ccc(OCc3ccccn3)cc2)N=N1. The van der Waals surface area contributed by atoms with E-state index in [0.717, 1.165) is 23.4 Å². The number of rotatable bonds is 10. The molecule has 0 spiro atoms. The third-order valence-electron chi connectivity index (χ3n) is 4.30. The molecule has 0 radical (unpaired) electrons. The van der Waals surface area contributed by atoms with Crippen molar-refractivity contribution in [2.75, 3.05) is 6.54 Å². The maximum Gasteiger partial charge on any atom is 0.244 e. The number of hydrogen-bond acceptors (Lipinski definition) is 5. The van der Waals surface area contributed by atoms with Crippen molar-refractivity contribution in [2.24, 2.45) is 10.2 Å². The van der Waals surface area contributed by atoms with Crippen LogP contribution in [-0.4, -0.2) is 23.1 Å². The van der Waals surface area contributed by atoms with Crippen molar-refractivity contribution in [1.82, 2.24) is 10.3 Å². The van der Waals surface area contributed by atoms with Gasteiger partial charge in [0.15, 0.2) is 5.66 Å². The Morgan fingerprint density at radius 2 is 2.00 bits per heavy atom. The molecule has 3 rings (SSSR count). The van der Waals surface area contributed by atoms with Crippen LogP contribution < -0.4 is 10.1 Å². The molecule has 28 heavy (non-hydrogen) atoms. The summed E-state index contributed by atoms with van der Waals surface area (Å²) in [7, 11) is 0. The second kappa shape index (κ2) is 9.47. The molecule has 0 aliphatic carbocycles. The summed E-state index contributed by atoms with van der Waals surface area (Å²) in [5, 5.41) is 10.9. The van der Waals surface area contributed by atoms with E-state index in [-0.39, 0.29) is 11.6 Å². The minimum Gasteiger partial charge on any atom is -0.487 e. The summed E-state index contributed by atoms with van der Waals surface area (Å²) in [4.78, 5) is 16.2. The molecule has 1 N–H and O–H groups in total. The molecule has 0 bridgehead atoms. The van der Waals surface area contributed by atoms with Gasteiger partial charge < -0.3 is 10.1 Å². The van der Waals surface area contributed by atoms with Crippen LogP contribution in [0, 0.1) is 12.3 Å². The van der Waals surface area contributed by atoms with Crippen molar-refractivity contribution in [1.29, 1.82) is 0 Å². The average Bonchev–Trinajstić information content (AvgIpc) is 3.51. The Bertz CT molecular complexity index is 877. The van der Waals surface area contributed by atoms with Gasteiger partial charge in [0.2, 0.25) is 5.91 Å². The number of hydrogen-bond donors (Lipinski definition) is 1. The van der Waals surface area contributed by atoms with Gasteiger partial charge in [0.05, 0.1) is 5.69 Å². The number of nitrogens with zero attached hydrogens (tertiary/aromatic N) is 3. The van der Waals surface area contributed by atoms with Crippen LogP contribution in [0.5, 0.6) is 5.75 Å². The zero-order valence-electron chi connectivity index (χ0n) is 15.5. The fraction of sp³-hybridized carbons (Fsp3) is 0.273. The molecule has 1 aliphatic heterocycles. The van der Waals surface area contributed by atoms with E-state index in [9.17, 15) is 4.79 Å². The Balaban J connectivity index is 1.39. The maximum absolute atomic E-state index is 11.9. The third-order valence-corrected chi connectivity index (χ3v) is 4.30. The lowest BCUT2D eigenvalue weighted by atomic mass is 10.0. The van der Waals surface area contributed by atoms with Crippen LogP contribution in [0.4, 0.5) is 0 Å². The van der Waals surface area contributed by atoms with Crippen LogP contribution in [-0.2, 0) is 11.4 Å². The van der Waals surface area contributed by atoms with Crippen molar-refractivity contribution in [2.45, 2.75) is 31.5 Å². The third kappa shape index (κ3) is 6.06. The molecule has 0 saturated heterocycles. The predicted molar refractivity (Wildman–Crippen MR) is 107 cm³/mol. The van der Waals surface area contributed by atoms with Crippen LogP contribution in [0.2, 0.25) is 0 Å². The highest BCUT2D eigenvalue weighted by atomic mass is 16.5. The maximum atomic E-state index is 11.9. The highest BCUT2D eigenvalue weighted by molar-refractivity contribution is 5.91. The second-order valence-electron chi connectivity index (χ2n) is 6.44. The summed E-state index contributed by atoms with van der Waals surface area (Å²) in [6, 6.07) is 13.2. The van der Waals surface area contributed by atoms with E-state index in [0.29, 0.717) is 26.0 Å². The Kier molecular flexibility index (Phi) is 6.53. The predicted octanol–water partition coefficient (Wildman–Crippen LogP) is 3.76. The van der Waals surface area contributed by atoms with Crippen LogP contribution in [0.15, 0.2) is 65.0 Å². The lowest BCUT2D eigenvalue weighted by Crippen LogP contribution is -2.26. The summed E-state index contributed by atoms with van der Waals surface area (Å²) in [5.41, 5.74) is 1.42. The molecule has 1 amide bonds. The number of aromatic nitrogens is 1. The van der Waals surface area contributed by atoms with Crippen molar-refractivity contribution >= 4 is 12.0 Å². The van der Waals surface area contributed by atoms with Crippen molar-refractivity contribution in [3.63, 3.8) is 0 Å². The van der Waals surface area contributed by atoms with Crippen LogP contribution in [0.3, 0.4) is 0 Å². The van der Waals surface area contributed by atoms with Crippen LogP contribution in [0.25, 0.3) is 6.08 Å². The summed E-state index contributed by atoms with van der Waals surface area (Å²) in [6.45, 7) is 0.931. The standard InChI is InChI=1S/C22H22N4O2/c1-2-3-13-22(25-26-22)14-16-24-21(27)12-9-18-7-10-20(11-8-18)28-17-19-6-4-5-15-23-19/h1,4-12,15H,3,13-14,16-17H2,(H,24,27)/b12-9+. The number of carbonyl (C=O) groups excluding carboxylic acids is 1. The van der Waals surface area contributed by atoms with Gasteiger partial charge in [-0.25, -0.2) is 0 Å². The van der Waals surface area contributed by atoms with Gasteiger partial charge >= 0.3 is 0 Å². The van der Waals surface area contributed by atoms with Gasteiger partial charge in [-0.05, 0) is 35.9 Å². The number of benzene rings is 1. The zero-order valence-corrected chi connectivity index (χ0v) is 15.5. The number of amides is 1. The van der Waals surface area contributed by atoms with Crippen LogP contribution >= 0.6 is 0 Å². The minimum atomic E-state index is -0.367. The first kappa shape index (κ1) is 19.3. The van der Waals surface area contributed by atoms with Gasteiger partial charge in [-0.15, -0.1) is 12.3 Å². The molecule has 2 aromatic rings. The molecule has 0 saturated carbocycles. The van der Waals surface area contributed by atoms with Crippen molar-refractivity contribution in [3.05, 3.63) is 66.0 Å². The lowest BCUT2D eigenvalue weighted by Gasteiger charge is -2.08. The molecule has 2 heterocycles. The van der Waals surface area contributed by atoms with Gasteiger partial charge in [-0.1, -0.05) is 18.2 Å². The van der Waals surface area contributed by atoms with Crippen molar-refractivity contribution in [3.8, 4) is 18.1 Å². The first-order valence-electron chi connectivity index (χ1n) is 9.15. The molecule has 6 nitrogen and oxygen atoms in total. The second-order valence-corrected chi connectivity index (χ2v) is 6.44. The fourth-order valence-electron chi connectivity index (χ4n) is 2.60. The van der Waals surface area contributed by atoms with E-state index >= 15 is 0 Å². The molecular formula is C22H22N4O2. The van der Waals surface area contributed by atoms with E-state index in [1.165, 1.54) is 6.08 Å². The highest BCUT2D eigenvalue weighted by Crippen LogP contribution is 2.35. The Hall–Kier alpha value is -3.46. The number of terminal acetylenes is 1. The topological polar surface area (TPSA) is 75.9 Å². The first-order chi connectivity index (χ1) is 13.7. The van der Waals surface area contributed by atoms with Gasteiger partial charge in [0.25, 0.3) is 0 Å². The summed E-state index contributed by atoms with van der Waals surface area (Å²) >= 11 is 0. The summed E-state index contributed by atoms with van der Waals surface area (Å²) in [6.07, 6.45) is 12.3. The molecule has 1 aliphatic rings. The van der Waals surface area contributed by atoms with E-state index in [2.05, 4.69) is 26.4 Å². The fourth-order valence-corrected chi connectivity index (χ4v) is 2.60. The molecule has 0 fully saturated rings. The Morgan fingerprint density at radius 3 is 2.68 bits per heavy atom. The molecule has 1 aromatic carbocycles. The van der Waals surface area contributed by atoms with Crippen LogP contribution in [0.1, 0.15) is 30.5 Å². The minimum absolute atomic E-state index is 0.150. The smallest absolute Gasteiger partial charge is 0.244 e. The number of nitrogens with one attached hydrogen (secondary N) is 1. The highest BCUT2D eigenvalue weighted by Gasteiger charge is 2.38. The first-order valence-corrected chi connectivity index (χ1v) is 9.15. The van der Waals surface area contributed by atoms with Gasteiger partial charge in [-0.3, -0.25) is 9.78 Å². The Labute approximate surface area is 164 Å². The number of pyridine rings is 1. The molecule has 6 heteroatoms. The number of carbonyl (C=O) groups is 1. The van der Waals surface area contributed by atoms with E-state index < -0.39 is 0 Å². The summed E-state index contributed by atoms with van der Waals surface area (Å²) in [5.74, 6) is 3.19. The van der Waals surface area contributed by atoms with Gasteiger partial charge in [-0.2, -0.15) is 10.2 Å². The molecule has 1 aromatic heterocycles.